The van der Waals surface area contributed by atoms with Crippen molar-refractivity contribution < 1.29 is 23.9 Å². The van der Waals surface area contributed by atoms with Gasteiger partial charge in [-0.05, 0) is 59.6 Å². The van der Waals surface area contributed by atoms with Crippen molar-refractivity contribution in [2.75, 3.05) is 0 Å². The Labute approximate surface area is 341 Å². The van der Waals surface area contributed by atoms with Gasteiger partial charge in [-0.1, -0.05) is 133 Å². The van der Waals surface area contributed by atoms with Gasteiger partial charge in [-0.3, -0.25) is 0 Å². The summed E-state index contributed by atoms with van der Waals surface area (Å²) in [5.74, 6) is 0.688. The summed E-state index contributed by atoms with van der Waals surface area (Å²) in [5, 5.41) is 2.02. The standard InChI is InChI=1S/C51H30N4O2/c1-3-14-31(15-4-1)34-20-12-26-44-46(34)39-30-33(28-29-43(39)56-44)50-52-49(32-16-5-2-6-17-32)53-51(54-50)38-22-13-27-45-47(38)37-21-11-25-42(48(37)57-45)55-40-23-9-7-18-35(40)36-19-8-10-24-41(36)55/h1-30H/i7D,8D,9D,10D,11D,13D,18D,19D,23D,25D,27D. The lowest BCUT2D eigenvalue weighted by atomic mass is 9.99. The molecular weight excluding hydrogens is 701 g/mol. The quantitative estimate of drug-likeness (QED) is 0.176. The maximum absolute atomic E-state index is 9.35. The summed E-state index contributed by atoms with van der Waals surface area (Å²) >= 11 is 0. The molecule has 0 aliphatic rings. The lowest BCUT2D eigenvalue weighted by Gasteiger charge is -2.10. The number of para-hydroxylation sites is 3. The third-order valence-electron chi connectivity index (χ3n) is 10.3. The molecule has 6 nitrogen and oxygen atoms in total. The molecule has 0 aliphatic heterocycles. The molecule has 0 N–H and O–H groups in total. The molecule has 4 aromatic heterocycles. The molecule has 6 heteroatoms. The highest BCUT2D eigenvalue weighted by atomic mass is 16.3. The van der Waals surface area contributed by atoms with Gasteiger partial charge in [0.25, 0.3) is 0 Å². The zero-order valence-corrected chi connectivity index (χ0v) is 29.6. The highest BCUT2D eigenvalue weighted by Crippen LogP contribution is 2.42. The Morgan fingerprint density at radius 1 is 0.421 bits per heavy atom. The van der Waals surface area contributed by atoms with Gasteiger partial charge in [0.2, 0.25) is 0 Å². The molecule has 0 radical (unpaired) electrons. The molecule has 266 valence electrons. The smallest absolute Gasteiger partial charge is 0.164 e. The molecule has 0 atom stereocenters. The van der Waals surface area contributed by atoms with Gasteiger partial charge in [0.1, 0.15) is 16.7 Å². The van der Waals surface area contributed by atoms with Crippen molar-refractivity contribution in [3.63, 3.8) is 0 Å². The normalized spacial score (nSPS) is 14.6. The summed E-state index contributed by atoms with van der Waals surface area (Å²) in [6, 6.07) is 30.2. The Bertz CT molecular complexity index is 4170. The van der Waals surface area contributed by atoms with E-state index in [0.29, 0.717) is 28.1 Å². The highest BCUT2D eigenvalue weighted by molar-refractivity contribution is 6.16. The Balaban J connectivity index is 1.16. The second-order valence-electron chi connectivity index (χ2n) is 13.5. The van der Waals surface area contributed by atoms with Crippen molar-refractivity contribution in [1.29, 1.82) is 0 Å². The van der Waals surface area contributed by atoms with Gasteiger partial charge >= 0.3 is 0 Å². The number of benzene rings is 8. The molecule has 0 saturated carbocycles. The Morgan fingerprint density at radius 2 is 1.14 bits per heavy atom. The second-order valence-corrected chi connectivity index (χ2v) is 13.5. The highest BCUT2D eigenvalue weighted by Gasteiger charge is 2.22. The minimum absolute atomic E-state index is 0.0132. The lowest BCUT2D eigenvalue weighted by molar-refractivity contribution is 0.666. The van der Waals surface area contributed by atoms with Crippen LogP contribution in [0.25, 0.3) is 117 Å². The molecule has 12 aromatic rings. The SMILES string of the molecule is [2H]c1cc2c(oc3c([2H])c([2H])cc(-c4nc(-c5ccccc5)nc(-c5ccc6oc7cccc(-c8ccccc8)c7c6c5)n4)c32)c(-n2c3cc([2H])c([2H])c([2H])c3c3c([2H])c([2H])c([2H])c([2H])c32)c1[2H]. The molecule has 8 aromatic carbocycles. The minimum atomic E-state index is -0.601. The predicted molar refractivity (Wildman–Crippen MR) is 230 cm³/mol. The van der Waals surface area contributed by atoms with Crippen LogP contribution < -0.4 is 0 Å². The summed E-state index contributed by atoms with van der Waals surface area (Å²) in [4.78, 5) is 15.0. The topological polar surface area (TPSA) is 69.9 Å². The zero-order chi connectivity index (χ0) is 47.0. The van der Waals surface area contributed by atoms with Gasteiger partial charge in [-0.25, -0.2) is 15.0 Å². The number of aromatic nitrogens is 4. The third kappa shape index (κ3) is 4.87. The third-order valence-corrected chi connectivity index (χ3v) is 10.3. The first-order chi connectivity index (χ1) is 32.8. The van der Waals surface area contributed by atoms with Gasteiger partial charge in [0.15, 0.2) is 23.1 Å². The average Bonchev–Trinajstić information content (AvgIpc) is 4.04. The van der Waals surface area contributed by atoms with E-state index < -0.39 is 42.3 Å². The second kappa shape index (κ2) is 12.3. The molecular formula is C51H30N4O2. The monoisotopic (exact) mass is 741 g/mol. The van der Waals surface area contributed by atoms with Crippen LogP contribution >= 0.6 is 0 Å². The van der Waals surface area contributed by atoms with E-state index in [4.69, 9.17) is 36.1 Å². The first-order valence-electron chi connectivity index (χ1n) is 23.6. The summed E-state index contributed by atoms with van der Waals surface area (Å²) in [7, 11) is 0. The van der Waals surface area contributed by atoms with E-state index in [9.17, 15) is 2.74 Å². The summed E-state index contributed by atoms with van der Waals surface area (Å²) in [5.41, 5.74) is 4.41. The van der Waals surface area contributed by atoms with E-state index in [2.05, 4.69) is 0 Å². The number of nitrogens with zero attached hydrogens (tertiary/aromatic N) is 4. The molecule has 0 spiro atoms. The molecule has 0 bridgehead atoms. The average molecular weight is 742 g/mol. The van der Waals surface area contributed by atoms with Gasteiger partial charge in [-0.15, -0.1) is 0 Å². The van der Waals surface area contributed by atoms with Crippen LogP contribution in [0.5, 0.6) is 0 Å². The molecule has 57 heavy (non-hydrogen) atoms. The molecule has 0 saturated heterocycles. The maximum Gasteiger partial charge on any atom is 0.164 e. The van der Waals surface area contributed by atoms with Crippen LogP contribution in [0.4, 0.5) is 0 Å². The van der Waals surface area contributed by atoms with Gasteiger partial charge in [0, 0.05) is 49.0 Å². The van der Waals surface area contributed by atoms with Crippen LogP contribution in [0.3, 0.4) is 0 Å². The number of hydrogen-bond donors (Lipinski definition) is 0. The van der Waals surface area contributed by atoms with Crippen molar-refractivity contribution >= 4 is 65.7 Å². The van der Waals surface area contributed by atoms with Crippen LogP contribution in [-0.4, -0.2) is 19.5 Å². The van der Waals surface area contributed by atoms with E-state index in [0.717, 1.165) is 21.9 Å². The van der Waals surface area contributed by atoms with Crippen molar-refractivity contribution in [3.05, 3.63) is 182 Å². The van der Waals surface area contributed by atoms with E-state index in [1.54, 1.807) is 0 Å². The number of fused-ring (bicyclic) bond motifs is 9. The predicted octanol–water partition coefficient (Wildman–Crippen LogP) is 13.4. The van der Waals surface area contributed by atoms with E-state index >= 15 is 0 Å². The number of rotatable bonds is 5. The van der Waals surface area contributed by atoms with Crippen LogP contribution in [0.15, 0.2) is 191 Å². The van der Waals surface area contributed by atoms with E-state index in [-0.39, 0.29) is 90.8 Å². The van der Waals surface area contributed by atoms with Gasteiger partial charge < -0.3 is 13.4 Å². The molecule has 4 heterocycles. The molecule has 0 amide bonds. The summed E-state index contributed by atoms with van der Waals surface area (Å²) < 4.78 is 112. The van der Waals surface area contributed by atoms with Crippen LogP contribution in [0.1, 0.15) is 15.1 Å². The largest absolute Gasteiger partial charge is 0.456 e. The molecule has 0 unspecified atom stereocenters. The van der Waals surface area contributed by atoms with Crippen LogP contribution in [-0.2, 0) is 0 Å². The van der Waals surface area contributed by atoms with E-state index in [1.165, 1.54) is 22.8 Å². The van der Waals surface area contributed by atoms with Crippen molar-refractivity contribution in [2.45, 2.75) is 0 Å². The maximum atomic E-state index is 9.35. The lowest BCUT2D eigenvalue weighted by Crippen LogP contribution is -2.00. The van der Waals surface area contributed by atoms with Crippen molar-refractivity contribution in [2.24, 2.45) is 0 Å². The van der Waals surface area contributed by atoms with Gasteiger partial charge in [0.05, 0.1) is 31.8 Å². The van der Waals surface area contributed by atoms with Crippen molar-refractivity contribution in [3.8, 4) is 51.0 Å². The number of furan rings is 2. The van der Waals surface area contributed by atoms with Crippen molar-refractivity contribution in [1.82, 2.24) is 19.5 Å². The Kier molecular flexibility index (Phi) is 4.88. The first-order valence-corrected chi connectivity index (χ1v) is 18.1. The molecule has 0 aliphatic carbocycles. The molecule has 0 fully saturated rings. The fourth-order valence-electron chi connectivity index (χ4n) is 7.81. The summed E-state index contributed by atoms with van der Waals surface area (Å²) in [6.45, 7) is 0. The molecule has 12 rings (SSSR count). The first kappa shape index (κ1) is 22.5. The van der Waals surface area contributed by atoms with Crippen LogP contribution in [0, 0.1) is 0 Å². The fourth-order valence-corrected chi connectivity index (χ4v) is 7.81. The minimum Gasteiger partial charge on any atom is -0.456 e. The van der Waals surface area contributed by atoms with E-state index in [1.807, 2.05) is 97.1 Å². The Hall–Kier alpha value is -7.83. The zero-order valence-electron chi connectivity index (χ0n) is 40.6. The Morgan fingerprint density at radius 3 is 2.00 bits per heavy atom. The number of hydrogen-bond acceptors (Lipinski definition) is 5. The summed E-state index contributed by atoms with van der Waals surface area (Å²) in [6.07, 6.45) is 0. The van der Waals surface area contributed by atoms with Crippen LogP contribution in [0.2, 0.25) is 0 Å². The van der Waals surface area contributed by atoms with Gasteiger partial charge in [-0.2, -0.15) is 0 Å². The fraction of sp³-hybridized carbons (Fsp3) is 0.